The van der Waals surface area contributed by atoms with Gasteiger partial charge in [-0.1, -0.05) is 204 Å². The van der Waals surface area contributed by atoms with Crippen LogP contribution in [0.25, 0.3) is 16.7 Å². The van der Waals surface area contributed by atoms with E-state index in [4.69, 9.17) is 0 Å². The summed E-state index contributed by atoms with van der Waals surface area (Å²) in [6.45, 7) is 34.4. The number of fused-ring (bicyclic) bond motifs is 7. The van der Waals surface area contributed by atoms with Gasteiger partial charge in [-0.25, -0.2) is 0 Å². The fourth-order valence-corrected chi connectivity index (χ4v) is 14.7. The van der Waals surface area contributed by atoms with Gasteiger partial charge in [0.15, 0.2) is 0 Å². The minimum atomic E-state index is 0.0111. The zero-order valence-corrected chi connectivity index (χ0v) is 45.4. The molecule has 9 aliphatic rings. The lowest BCUT2D eigenvalue weighted by Gasteiger charge is -2.44. The molecular formula is C69H84. The summed E-state index contributed by atoms with van der Waals surface area (Å²) >= 11 is 0. The Morgan fingerprint density at radius 1 is 0.464 bits per heavy atom. The summed E-state index contributed by atoms with van der Waals surface area (Å²) in [5.41, 5.74) is 32.7. The van der Waals surface area contributed by atoms with E-state index in [0.29, 0.717) is 23.7 Å². The number of hydrogen-bond acceptors (Lipinski definition) is 0. The third-order valence-corrected chi connectivity index (χ3v) is 19.1. The number of benzene rings is 2. The van der Waals surface area contributed by atoms with Crippen molar-refractivity contribution in [2.45, 2.75) is 185 Å². The van der Waals surface area contributed by atoms with Crippen LogP contribution in [0.4, 0.5) is 0 Å². The topological polar surface area (TPSA) is 0 Å². The second-order valence-corrected chi connectivity index (χ2v) is 27.8. The molecule has 0 aliphatic heterocycles. The average molecular weight is 913 g/mol. The number of hydrogen-bond donors (Lipinski definition) is 0. The second kappa shape index (κ2) is 16.3. The SMILES string of the molecule is CC(C)(C)C1=CC2=C(C3CC4=C(CC(C5=C6C=C(C(C)(C)C)CCC6CC(C(C)(C)C)=C5)c5cc(C6=CC7=C(CC6)c6ccccc6C7(C)C)ccc54)C4=C3C=CCC4)C=C(C(C)(C)C)CC2CC1. The van der Waals surface area contributed by atoms with E-state index in [1.165, 1.54) is 60.8 Å². The second-order valence-electron chi connectivity index (χ2n) is 27.8. The molecule has 4 unspecified atom stereocenters. The van der Waals surface area contributed by atoms with E-state index in [1.807, 2.05) is 0 Å². The maximum absolute atomic E-state index is 2.76. The van der Waals surface area contributed by atoms with Crippen LogP contribution < -0.4 is 0 Å². The van der Waals surface area contributed by atoms with Gasteiger partial charge in [0, 0.05) is 17.3 Å². The van der Waals surface area contributed by atoms with Crippen molar-refractivity contribution in [2.75, 3.05) is 0 Å². The Labute approximate surface area is 419 Å². The van der Waals surface area contributed by atoms with Gasteiger partial charge in [0.2, 0.25) is 0 Å². The Balaban J connectivity index is 1.12. The molecule has 0 spiro atoms. The molecule has 11 rings (SSSR count). The monoisotopic (exact) mass is 913 g/mol. The smallest absolute Gasteiger partial charge is 0.0155 e. The van der Waals surface area contributed by atoms with E-state index in [1.54, 1.807) is 89.2 Å². The molecule has 4 atom stereocenters. The molecule has 0 amide bonds. The van der Waals surface area contributed by atoms with E-state index < -0.39 is 0 Å². The van der Waals surface area contributed by atoms with Gasteiger partial charge in [-0.3, -0.25) is 0 Å². The van der Waals surface area contributed by atoms with E-state index in [-0.39, 0.29) is 27.1 Å². The van der Waals surface area contributed by atoms with E-state index in [0.717, 1.165) is 38.5 Å². The summed E-state index contributed by atoms with van der Waals surface area (Å²) in [5, 5.41) is 0. The molecule has 0 saturated heterocycles. The third-order valence-electron chi connectivity index (χ3n) is 19.1. The molecule has 0 bridgehead atoms. The molecule has 360 valence electrons. The molecule has 0 saturated carbocycles. The average Bonchev–Trinajstić information content (AvgIpc) is 3.53. The Hall–Kier alpha value is -4.42. The van der Waals surface area contributed by atoms with Gasteiger partial charge >= 0.3 is 0 Å². The molecular weight excluding hydrogens is 829 g/mol. The van der Waals surface area contributed by atoms with Crippen molar-refractivity contribution in [1.29, 1.82) is 0 Å². The summed E-state index contributed by atoms with van der Waals surface area (Å²) in [4.78, 5) is 0. The molecule has 0 fully saturated rings. The van der Waals surface area contributed by atoms with Crippen LogP contribution in [0.3, 0.4) is 0 Å². The van der Waals surface area contributed by atoms with Crippen molar-refractivity contribution in [3.63, 3.8) is 0 Å². The highest BCUT2D eigenvalue weighted by Crippen LogP contribution is 2.60. The summed E-state index contributed by atoms with van der Waals surface area (Å²) in [6.07, 6.45) is 32.8. The van der Waals surface area contributed by atoms with Crippen molar-refractivity contribution in [3.8, 4) is 0 Å². The number of allylic oxidation sites excluding steroid dienone is 22. The molecule has 69 heavy (non-hydrogen) atoms. The van der Waals surface area contributed by atoms with Crippen LogP contribution in [0.15, 0.2) is 152 Å². The highest BCUT2D eigenvalue weighted by Gasteiger charge is 2.44. The molecule has 0 N–H and O–H groups in total. The van der Waals surface area contributed by atoms with Gasteiger partial charge in [-0.2, -0.15) is 0 Å². The zero-order valence-electron chi connectivity index (χ0n) is 45.4. The fourth-order valence-electron chi connectivity index (χ4n) is 14.7. The minimum Gasteiger partial charge on any atom is -0.0839 e. The third kappa shape index (κ3) is 8.00. The largest absolute Gasteiger partial charge is 0.0839 e. The molecule has 0 nitrogen and oxygen atoms in total. The molecule has 0 aromatic heterocycles. The number of rotatable bonds is 3. The predicted octanol–water partition coefficient (Wildman–Crippen LogP) is 19.6. The summed E-state index contributed by atoms with van der Waals surface area (Å²) < 4.78 is 0. The summed E-state index contributed by atoms with van der Waals surface area (Å²) in [6, 6.07) is 17.2. The molecule has 2 aromatic carbocycles. The molecule has 2 aromatic rings. The maximum atomic E-state index is 2.76. The van der Waals surface area contributed by atoms with E-state index >= 15 is 0 Å². The summed E-state index contributed by atoms with van der Waals surface area (Å²) in [7, 11) is 0. The lowest BCUT2D eigenvalue weighted by Crippen LogP contribution is -2.29. The highest BCUT2D eigenvalue weighted by molar-refractivity contribution is 5.90. The Morgan fingerprint density at radius 3 is 1.64 bits per heavy atom. The predicted molar refractivity (Wildman–Crippen MR) is 297 cm³/mol. The quantitative estimate of drug-likeness (QED) is 0.288. The van der Waals surface area contributed by atoms with Crippen molar-refractivity contribution in [2.24, 2.45) is 39.4 Å². The first-order valence-corrected chi connectivity index (χ1v) is 27.6. The first kappa shape index (κ1) is 46.9. The summed E-state index contributed by atoms with van der Waals surface area (Å²) in [5.74, 6) is 1.88. The van der Waals surface area contributed by atoms with Crippen LogP contribution in [0.5, 0.6) is 0 Å². The van der Waals surface area contributed by atoms with Gasteiger partial charge in [0.1, 0.15) is 0 Å². The van der Waals surface area contributed by atoms with Crippen molar-refractivity contribution < 1.29 is 0 Å². The van der Waals surface area contributed by atoms with Crippen molar-refractivity contribution in [1.82, 2.24) is 0 Å². The molecule has 0 radical (unpaired) electrons. The van der Waals surface area contributed by atoms with Crippen molar-refractivity contribution >= 4 is 16.7 Å². The van der Waals surface area contributed by atoms with Crippen LogP contribution >= 0.6 is 0 Å². The van der Waals surface area contributed by atoms with Crippen LogP contribution in [0.1, 0.15) is 208 Å². The Kier molecular flexibility index (Phi) is 11.1. The Bertz CT molecular complexity index is 2920. The fraction of sp³-hybridized carbons (Fsp3) is 0.507. The van der Waals surface area contributed by atoms with Crippen LogP contribution in [0.2, 0.25) is 0 Å². The molecule has 0 heteroatoms. The van der Waals surface area contributed by atoms with E-state index in [9.17, 15) is 0 Å². The van der Waals surface area contributed by atoms with Gasteiger partial charge < -0.3 is 0 Å². The van der Waals surface area contributed by atoms with Crippen LogP contribution in [0, 0.1) is 39.4 Å². The highest BCUT2D eigenvalue weighted by atomic mass is 14.5. The van der Waals surface area contributed by atoms with Gasteiger partial charge in [-0.15, -0.1) is 0 Å². The molecule has 0 heterocycles. The first-order chi connectivity index (χ1) is 32.5. The standard InChI is InChI=1S/C69H84/c1-65(2,3)45-27-23-43-31-47(67(7,8)9)37-57(54(43)35-45)59-39-61-51-29-25-41(42-26-30-53-52-21-17-18-22-63(52)69(13,14)64(53)34-42)33-56(51)62(40-60(61)50-20-16-15-19-49(50)59)58-38-48(68(10,11)12)32-44-24-28-46(36-55(44)58)66(4,5)6/h15,17-19,21-22,25,29,33-38,43-44,59,62H,16,20,23-24,26-28,30-32,39-40H2,1-14H3. The first-order valence-electron chi connectivity index (χ1n) is 27.6. The van der Waals surface area contributed by atoms with E-state index in [2.05, 4.69) is 182 Å². The normalized spacial score (nSPS) is 26.8. The van der Waals surface area contributed by atoms with Crippen molar-refractivity contribution in [3.05, 3.63) is 180 Å². The lowest BCUT2D eigenvalue weighted by atomic mass is 9.60. The lowest BCUT2D eigenvalue weighted by molar-refractivity contribution is 0.400. The van der Waals surface area contributed by atoms with Gasteiger partial charge in [-0.05, 0) is 200 Å². The van der Waals surface area contributed by atoms with Gasteiger partial charge in [0.05, 0.1) is 0 Å². The van der Waals surface area contributed by atoms with Gasteiger partial charge in [0.25, 0.3) is 0 Å². The zero-order chi connectivity index (χ0) is 48.7. The van der Waals surface area contributed by atoms with Crippen LogP contribution in [-0.4, -0.2) is 0 Å². The van der Waals surface area contributed by atoms with Crippen LogP contribution in [-0.2, 0) is 5.41 Å². The minimum absolute atomic E-state index is 0.0111. The maximum Gasteiger partial charge on any atom is 0.0155 e. The Morgan fingerprint density at radius 2 is 1.03 bits per heavy atom. The molecule has 9 aliphatic carbocycles.